The van der Waals surface area contributed by atoms with Gasteiger partial charge in [-0.1, -0.05) is 24.3 Å². The van der Waals surface area contributed by atoms with Crippen molar-refractivity contribution in [2.45, 2.75) is 0 Å². The van der Waals surface area contributed by atoms with Gasteiger partial charge < -0.3 is 14.6 Å². The molecule has 0 aromatic heterocycles. The predicted octanol–water partition coefficient (Wildman–Crippen LogP) is 3.59. The molecule has 0 aliphatic rings. The van der Waals surface area contributed by atoms with Crippen LogP contribution in [-0.4, -0.2) is 19.3 Å². The van der Waals surface area contributed by atoms with Crippen LogP contribution >= 0.6 is 0 Å². The number of rotatable bonds is 2. The van der Waals surface area contributed by atoms with Crippen LogP contribution in [0.15, 0.2) is 36.4 Å². The van der Waals surface area contributed by atoms with Crippen LogP contribution in [0.4, 0.5) is 0 Å². The average molecular weight is 279 g/mol. The molecule has 0 saturated carbocycles. The number of benzene rings is 3. The first-order chi connectivity index (χ1) is 10.2. The second-order valence-electron chi connectivity index (χ2n) is 4.63. The van der Waals surface area contributed by atoms with Gasteiger partial charge >= 0.3 is 0 Å². The van der Waals surface area contributed by atoms with E-state index >= 15 is 0 Å². The van der Waals surface area contributed by atoms with Gasteiger partial charge in [-0.15, -0.1) is 0 Å². The number of nitriles is 1. The van der Waals surface area contributed by atoms with Crippen LogP contribution in [0.5, 0.6) is 17.2 Å². The molecule has 0 atom stereocenters. The zero-order valence-electron chi connectivity index (χ0n) is 11.7. The van der Waals surface area contributed by atoms with Gasteiger partial charge in [0.05, 0.1) is 14.2 Å². The number of hydrogen-bond acceptors (Lipinski definition) is 4. The van der Waals surface area contributed by atoms with Gasteiger partial charge in [0.25, 0.3) is 0 Å². The van der Waals surface area contributed by atoms with Gasteiger partial charge in [0, 0.05) is 10.8 Å². The molecule has 1 N–H and O–H groups in total. The number of nitrogens with zero attached hydrogens (tertiary/aromatic N) is 1. The lowest BCUT2D eigenvalue weighted by Gasteiger charge is -2.13. The fourth-order valence-electron chi connectivity index (χ4n) is 2.61. The van der Waals surface area contributed by atoms with E-state index in [1.165, 1.54) is 7.11 Å². The molecule has 0 amide bonds. The predicted molar refractivity (Wildman–Crippen MR) is 80.9 cm³/mol. The summed E-state index contributed by atoms with van der Waals surface area (Å²) in [4.78, 5) is 0. The Morgan fingerprint density at radius 2 is 1.48 bits per heavy atom. The van der Waals surface area contributed by atoms with Gasteiger partial charge in [0.2, 0.25) is 0 Å². The van der Waals surface area contributed by atoms with Crippen molar-refractivity contribution in [2.75, 3.05) is 14.2 Å². The number of phenols is 1. The fourth-order valence-corrected chi connectivity index (χ4v) is 2.61. The molecular formula is C17H13NO3. The second-order valence-corrected chi connectivity index (χ2v) is 4.63. The molecule has 0 aliphatic carbocycles. The Hall–Kier alpha value is -2.93. The number of phenolic OH excluding ortho intramolecular Hbond substituents is 1. The van der Waals surface area contributed by atoms with E-state index in [4.69, 9.17) is 9.47 Å². The Kier molecular flexibility index (Phi) is 3.03. The van der Waals surface area contributed by atoms with E-state index in [1.807, 2.05) is 24.3 Å². The second kappa shape index (κ2) is 4.88. The van der Waals surface area contributed by atoms with Crippen LogP contribution in [0.2, 0.25) is 0 Å². The smallest absolute Gasteiger partial charge is 0.161 e. The fraction of sp³-hybridized carbons (Fsp3) is 0.118. The largest absolute Gasteiger partial charge is 0.506 e. The zero-order chi connectivity index (χ0) is 15.0. The minimum absolute atomic E-state index is 0.00665. The molecule has 3 aromatic rings. The van der Waals surface area contributed by atoms with E-state index in [-0.39, 0.29) is 11.3 Å². The highest BCUT2D eigenvalue weighted by Crippen LogP contribution is 2.41. The molecule has 0 aliphatic heterocycles. The summed E-state index contributed by atoms with van der Waals surface area (Å²) in [5.41, 5.74) is 0.240. The first-order valence-electron chi connectivity index (χ1n) is 6.40. The summed E-state index contributed by atoms with van der Waals surface area (Å²) in [5.74, 6) is 1.11. The summed E-state index contributed by atoms with van der Waals surface area (Å²) in [5, 5.41) is 22.7. The molecule has 104 valence electrons. The van der Waals surface area contributed by atoms with Gasteiger partial charge in [-0.2, -0.15) is 5.26 Å². The van der Waals surface area contributed by atoms with Crippen molar-refractivity contribution in [3.05, 3.63) is 42.0 Å². The van der Waals surface area contributed by atoms with Crippen molar-refractivity contribution in [3.63, 3.8) is 0 Å². The highest BCUT2D eigenvalue weighted by Gasteiger charge is 2.16. The van der Waals surface area contributed by atoms with Gasteiger partial charge in [-0.3, -0.25) is 0 Å². The van der Waals surface area contributed by atoms with Crippen LogP contribution in [-0.2, 0) is 0 Å². The molecule has 0 spiro atoms. The molecule has 0 radical (unpaired) electrons. The van der Waals surface area contributed by atoms with Gasteiger partial charge in [-0.05, 0) is 22.9 Å². The van der Waals surface area contributed by atoms with Gasteiger partial charge in [0.1, 0.15) is 17.4 Å². The molecule has 0 bridgehead atoms. The maximum absolute atomic E-state index is 10.3. The summed E-state index contributed by atoms with van der Waals surface area (Å²) >= 11 is 0. The number of ether oxygens (including phenoxy) is 2. The van der Waals surface area contributed by atoms with Crippen molar-refractivity contribution in [2.24, 2.45) is 0 Å². The third-order valence-corrected chi connectivity index (χ3v) is 3.61. The van der Waals surface area contributed by atoms with E-state index < -0.39 is 0 Å². The third kappa shape index (κ3) is 1.83. The first-order valence-corrected chi connectivity index (χ1v) is 6.40. The summed E-state index contributed by atoms with van der Waals surface area (Å²) in [6.07, 6.45) is 0. The number of aromatic hydroxyl groups is 1. The molecule has 4 heteroatoms. The number of methoxy groups -OCH3 is 2. The van der Waals surface area contributed by atoms with E-state index in [0.29, 0.717) is 22.3 Å². The first kappa shape index (κ1) is 13.1. The molecule has 3 rings (SSSR count). The molecule has 0 heterocycles. The Balaban J connectivity index is 2.59. The van der Waals surface area contributed by atoms with E-state index in [9.17, 15) is 10.4 Å². The monoisotopic (exact) mass is 279 g/mol. The van der Waals surface area contributed by atoms with E-state index in [1.54, 1.807) is 19.2 Å². The summed E-state index contributed by atoms with van der Waals surface area (Å²) in [7, 11) is 3.11. The molecular weight excluding hydrogens is 266 g/mol. The maximum atomic E-state index is 10.3. The maximum Gasteiger partial charge on any atom is 0.161 e. The van der Waals surface area contributed by atoms with Crippen molar-refractivity contribution in [3.8, 4) is 23.3 Å². The van der Waals surface area contributed by atoms with Gasteiger partial charge in [0.15, 0.2) is 11.5 Å². The highest BCUT2D eigenvalue weighted by molar-refractivity contribution is 6.13. The van der Waals surface area contributed by atoms with Crippen molar-refractivity contribution < 1.29 is 14.6 Å². The third-order valence-electron chi connectivity index (χ3n) is 3.61. The van der Waals surface area contributed by atoms with Crippen LogP contribution in [0, 0.1) is 11.3 Å². The van der Waals surface area contributed by atoms with Gasteiger partial charge in [-0.25, -0.2) is 0 Å². The number of fused-ring (bicyclic) bond motifs is 3. The Morgan fingerprint density at radius 3 is 2.05 bits per heavy atom. The zero-order valence-corrected chi connectivity index (χ0v) is 11.7. The normalized spacial score (nSPS) is 10.5. The Morgan fingerprint density at radius 1 is 0.905 bits per heavy atom. The lowest BCUT2D eigenvalue weighted by molar-refractivity contribution is 0.356. The van der Waals surface area contributed by atoms with Crippen LogP contribution in [0.25, 0.3) is 21.5 Å². The highest BCUT2D eigenvalue weighted by atomic mass is 16.5. The summed E-state index contributed by atoms with van der Waals surface area (Å²) < 4.78 is 10.6. The molecule has 21 heavy (non-hydrogen) atoms. The number of hydrogen-bond donors (Lipinski definition) is 1. The molecule has 3 aromatic carbocycles. The molecule has 0 fully saturated rings. The van der Waals surface area contributed by atoms with Crippen LogP contribution in [0.3, 0.4) is 0 Å². The average Bonchev–Trinajstić information content (AvgIpc) is 2.54. The Bertz CT molecular complexity index is 894. The van der Waals surface area contributed by atoms with E-state index in [2.05, 4.69) is 6.07 Å². The van der Waals surface area contributed by atoms with Crippen LogP contribution in [0.1, 0.15) is 5.56 Å². The standard InChI is InChI=1S/C17H13NO3/c1-20-15-7-12-10-5-3-4-6-11(10)17(19)14(9-18)13(12)8-16(15)21-2/h3-8,19H,1-2H3. The van der Waals surface area contributed by atoms with Crippen molar-refractivity contribution in [1.29, 1.82) is 5.26 Å². The van der Waals surface area contributed by atoms with Crippen molar-refractivity contribution in [1.82, 2.24) is 0 Å². The summed E-state index contributed by atoms with van der Waals surface area (Å²) in [6, 6.07) is 13.0. The van der Waals surface area contributed by atoms with Crippen LogP contribution < -0.4 is 9.47 Å². The Labute approximate surface area is 121 Å². The quantitative estimate of drug-likeness (QED) is 0.728. The SMILES string of the molecule is COc1cc2c(C#N)c(O)c3ccccc3c2cc1OC. The van der Waals surface area contributed by atoms with Crippen molar-refractivity contribution >= 4 is 21.5 Å². The topological polar surface area (TPSA) is 62.5 Å². The molecule has 0 saturated heterocycles. The lowest BCUT2D eigenvalue weighted by atomic mass is 9.96. The molecule has 4 nitrogen and oxygen atoms in total. The minimum Gasteiger partial charge on any atom is -0.506 e. The lowest BCUT2D eigenvalue weighted by Crippen LogP contribution is -1.93. The molecule has 0 unspecified atom stereocenters. The van der Waals surface area contributed by atoms with E-state index in [0.717, 1.165) is 10.8 Å². The summed E-state index contributed by atoms with van der Waals surface area (Å²) in [6.45, 7) is 0. The minimum atomic E-state index is -0.00665.